The van der Waals surface area contributed by atoms with Crippen molar-refractivity contribution in [3.8, 4) is 0 Å². The summed E-state index contributed by atoms with van der Waals surface area (Å²) >= 11 is 7.24. The maximum Gasteiger partial charge on any atom is 0.204 e. The molecule has 0 bridgehead atoms. The first-order valence-electron chi connectivity index (χ1n) is 5.29. The van der Waals surface area contributed by atoms with Crippen LogP contribution in [0.1, 0.15) is 24.1 Å². The summed E-state index contributed by atoms with van der Waals surface area (Å²) in [5.74, 6) is 3.07. The van der Waals surface area contributed by atoms with Gasteiger partial charge in [-0.2, -0.15) is 11.8 Å². The van der Waals surface area contributed by atoms with E-state index in [1.165, 1.54) is 24.1 Å². The molecule has 1 fully saturated rings. The largest absolute Gasteiger partial charge is 0.342 e. The second kappa shape index (κ2) is 3.79. The molecule has 1 aromatic rings. The molecule has 1 aromatic heterocycles. The lowest BCUT2D eigenvalue weighted by molar-refractivity contribution is 0.879. The third-order valence-electron chi connectivity index (χ3n) is 2.99. The Labute approximate surface area is 98.3 Å². The van der Waals surface area contributed by atoms with Gasteiger partial charge < -0.3 is 9.88 Å². The Bertz CT molecular complexity index is 435. The zero-order chi connectivity index (χ0) is 10.3. The fraction of sp³-hybridized carbons (Fsp3) is 0.600. The van der Waals surface area contributed by atoms with Crippen molar-refractivity contribution in [2.24, 2.45) is 0 Å². The Morgan fingerprint density at radius 2 is 2.07 bits per heavy atom. The molecule has 0 aromatic carbocycles. The van der Waals surface area contributed by atoms with Crippen LogP contribution in [0.25, 0.3) is 0 Å². The van der Waals surface area contributed by atoms with E-state index in [1.807, 2.05) is 11.8 Å². The van der Waals surface area contributed by atoms with Crippen molar-refractivity contribution >= 4 is 29.9 Å². The number of H-pyrrole nitrogens is 1. The van der Waals surface area contributed by atoms with Crippen molar-refractivity contribution in [3.63, 3.8) is 0 Å². The number of aromatic nitrogens is 2. The monoisotopic (exact) mass is 239 g/mol. The minimum absolute atomic E-state index is 0.802. The fourth-order valence-corrected chi connectivity index (χ4v) is 3.58. The average Bonchev–Trinajstić information content (AvgIpc) is 2.88. The molecular formula is C10H13N3S2. The number of hydrogen-bond acceptors (Lipinski definition) is 4. The Kier molecular flexibility index (Phi) is 2.44. The summed E-state index contributed by atoms with van der Waals surface area (Å²) in [7, 11) is 0. The van der Waals surface area contributed by atoms with Gasteiger partial charge in [0.1, 0.15) is 4.64 Å². The van der Waals surface area contributed by atoms with Crippen LogP contribution in [0.2, 0.25) is 0 Å². The van der Waals surface area contributed by atoms with Gasteiger partial charge in [0.2, 0.25) is 5.95 Å². The second-order valence-corrected chi connectivity index (χ2v) is 5.38. The predicted octanol–water partition coefficient (Wildman–Crippen LogP) is 2.49. The highest BCUT2D eigenvalue weighted by Gasteiger charge is 2.19. The SMILES string of the molecule is S=c1nc(N2CCCC2)[nH]c2c1CSC2. The number of nitrogens with zero attached hydrogens (tertiary/aromatic N) is 2. The normalized spacial score (nSPS) is 19.6. The van der Waals surface area contributed by atoms with Gasteiger partial charge in [-0.3, -0.25) is 0 Å². The molecule has 1 N–H and O–H groups in total. The lowest BCUT2D eigenvalue weighted by Crippen LogP contribution is -2.21. The van der Waals surface area contributed by atoms with E-state index in [9.17, 15) is 0 Å². The number of thioether (sulfide) groups is 1. The van der Waals surface area contributed by atoms with E-state index >= 15 is 0 Å². The van der Waals surface area contributed by atoms with Crippen molar-refractivity contribution in [3.05, 3.63) is 15.9 Å². The molecule has 0 amide bonds. The van der Waals surface area contributed by atoms with E-state index in [0.29, 0.717) is 0 Å². The number of anilines is 1. The molecule has 80 valence electrons. The number of aromatic amines is 1. The van der Waals surface area contributed by atoms with Gasteiger partial charge in [-0.25, -0.2) is 4.98 Å². The van der Waals surface area contributed by atoms with E-state index < -0.39 is 0 Å². The first-order valence-corrected chi connectivity index (χ1v) is 6.85. The first kappa shape index (κ1) is 9.66. The van der Waals surface area contributed by atoms with Crippen LogP contribution in [-0.4, -0.2) is 23.1 Å². The first-order chi connectivity index (χ1) is 7.34. The van der Waals surface area contributed by atoms with Crippen LogP contribution in [0.15, 0.2) is 0 Å². The van der Waals surface area contributed by atoms with Crippen LogP contribution >= 0.6 is 24.0 Å². The third kappa shape index (κ3) is 1.67. The van der Waals surface area contributed by atoms with E-state index in [4.69, 9.17) is 12.2 Å². The summed E-state index contributed by atoms with van der Waals surface area (Å²) < 4.78 is 0.802. The van der Waals surface area contributed by atoms with Gasteiger partial charge in [0.25, 0.3) is 0 Å². The lowest BCUT2D eigenvalue weighted by Gasteiger charge is -2.16. The molecule has 0 spiro atoms. The number of fused-ring (bicyclic) bond motifs is 1. The summed E-state index contributed by atoms with van der Waals surface area (Å²) in [4.78, 5) is 10.2. The van der Waals surface area contributed by atoms with E-state index in [0.717, 1.165) is 35.2 Å². The van der Waals surface area contributed by atoms with Crippen LogP contribution in [0.5, 0.6) is 0 Å². The van der Waals surface area contributed by atoms with Crippen LogP contribution < -0.4 is 4.90 Å². The Hall–Kier alpha value is -0.550. The molecule has 0 unspecified atom stereocenters. The predicted molar refractivity (Wildman–Crippen MR) is 65.9 cm³/mol. The van der Waals surface area contributed by atoms with E-state index in [2.05, 4.69) is 14.9 Å². The summed E-state index contributed by atoms with van der Waals surface area (Å²) in [5.41, 5.74) is 2.54. The molecule has 3 rings (SSSR count). The average molecular weight is 239 g/mol. The molecule has 0 saturated carbocycles. The maximum atomic E-state index is 5.33. The quantitative estimate of drug-likeness (QED) is 0.763. The summed E-state index contributed by atoms with van der Waals surface area (Å²) in [6.07, 6.45) is 2.54. The Morgan fingerprint density at radius 3 is 2.87 bits per heavy atom. The Morgan fingerprint density at radius 1 is 1.27 bits per heavy atom. The van der Waals surface area contributed by atoms with Crippen molar-refractivity contribution in [1.82, 2.24) is 9.97 Å². The molecule has 1 saturated heterocycles. The second-order valence-electron chi connectivity index (χ2n) is 4.01. The van der Waals surface area contributed by atoms with Gasteiger partial charge in [0, 0.05) is 35.9 Å². The molecule has 3 heterocycles. The van der Waals surface area contributed by atoms with Crippen molar-refractivity contribution in [1.29, 1.82) is 0 Å². The van der Waals surface area contributed by atoms with Crippen LogP contribution in [0, 0.1) is 4.64 Å². The molecule has 0 aliphatic carbocycles. The van der Waals surface area contributed by atoms with Gasteiger partial charge in [-0.05, 0) is 12.8 Å². The molecule has 2 aliphatic rings. The highest BCUT2D eigenvalue weighted by molar-refractivity contribution is 7.98. The van der Waals surface area contributed by atoms with Crippen molar-refractivity contribution in [2.45, 2.75) is 24.3 Å². The smallest absolute Gasteiger partial charge is 0.204 e. The minimum Gasteiger partial charge on any atom is -0.342 e. The van der Waals surface area contributed by atoms with E-state index in [-0.39, 0.29) is 0 Å². The standard InChI is InChI=1S/C10H13N3S2/c14-9-7-5-15-6-8(7)11-10(12-9)13-3-1-2-4-13/h1-6H2,(H,11,12,14). The molecule has 2 aliphatic heterocycles. The van der Waals surface area contributed by atoms with Crippen LogP contribution in [0.3, 0.4) is 0 Å². The van der Waals surface area contributed by atoms with Gasteiger partial charge in [-0.15, -0.1) is 0 Å². The van der Waals surface area contributed by atoms with Gasteiger partial charge in [0.15, 0.2) is 0 Å². The molecule has 15 heavy (non-hydrogen) atoms. The highest BCUT2D eigenvalue weighted by Crippen LogP contribution is 2.30. The topological polar surface area (TPSA) is 31.9 Å². The zero-order valence-electron chi connectivity index (χ0n) is 8.45. The molecule has 3 nitrogen and oxygen atoms in total. The summed E-state index contributed by atoms with van der Waals surface area (Å²) in [6, 6.07) is 0. The molecule has 0 atom stereocenters. The van der Waals surface area contributed by atoms with Gasteiger partial charge >= 0.3 is 0 Å². The number of rotatable bonds is 1. The lowest BCUT2D eigenvalue weighted by atomic mass is 10.3. The maximum absolute atomic E-state index is 5.33. The van der Waals surface area contributed by atoms with Crippen molar-refractivity contribution < 1.29 is 0 Å². The van der Waals surface area contributed by atoms with Crippen molar-refractivity contribution in [2.75, 3.05) is 18.0 Å². The minimum atomic E-state index is 0.802. The molecular weight excluding hydrogens is 226 g/mol. The van der Waals surface area contributed by atoms with Gasteiger partial charge in [0.05, 0.1) is 0 Å². The van der Waals surface area contributed by atoms with Gasteiger partial charge in [-0.1, -0.05) is 12.2 Å². The highest BCUT2D eigenvalue weighted by atomic mass is 32.2. The van der Waals surface area contributed by atoms with Crippen LogP contribution in [0.4, 0.5) is 5.95 Å². The molecule has 5 heteroatoms. The summed E-state index contributed by atoms with van der Waals surface area (Å²) in [6.45, 7) is 2.23. The van der Waals surface area contributed by atoms with E-state index in [1.54, 1.807) is 0 Å². The molecule has 0 radical (unpaired) electrons. The zero-order valence-corrected chi connectivity index (χ0v) is 10.1. The number of nitrogens with one attached hydrogen (secondary N) is 1. The number of hydrogen-bond donors (Lipinski definition) is 1. The Balaban J connectivity index is 2.03. The fourth-order valence-electron chi connectivity index (χ4n) is 2.14. The van der Waals surface area contributed by atoms with Crippen LogP contribution in [-0.2, 0) is 11.5 Å². The summed E-state index contributed by atoms with van der Waals surface area (Å²) in [5, 5.41) is 0. The third-order valence-corrected chi connectivity index (χ3v) is 4.31.